The summed E-state index contributed by atoms with van der Waals surface area (Å²) in [5.41, 5.74) is 1.76. The summed E-state index contributed by atoms with van der Waals surface area (Å²) in [6.07, 6.45) is 0. The number of aromatic hydroxyl groups is 1. The zero-order chi connectivity index (χ0) is 17.6. The van der Waals surface area contributed by atoms with Gasteiger partial charge in [-0.25, -0.2) is 4.79 Å². The van der Waals surface area contributed by atoms with Crippen molar-refractivity contribution in [2.75, 3.05) is 0 Å². The number of phenols is 1. The van der Waals surface area contributed by atoms with Crippen LogP contribution < -0.4 is 0 Å². The van der Waals surface area contributed by atoms with Crippen molar-refractivity contribution < 1.29 is 15.0 Å². The number of fused-ring (bicyclic) bond motifs is 1. The van der Waals surface area contributed by atoms with Crippen LogP contribution >= 0.6 is 11.3 Å². The topological polar surface area (TPSA) is 57.5 Å². The van der Waals surface area contributed by atoms with E-state index in [2.05, 4.69) is 12.1 Å². The van der Waals surface area contributed by atoms with Crippen LogP contribution in [0.4, 0.5) is 0 Å². The predicted molar refractivity (Wildman–Crippen MR) is 99.3 cm³/mol. The maximum atomic E-state index is 11.7. The second kappa shape index (κ2) is 5.64. The number of aromatic carboxylic acids is 1. The minimum absolute atomic E-state index is 0.00474. The minimum Gasteiger partial charge on any atom is -0.507 e. The van der Waals surface area contributed by atoms with Crippen molar-refractivity contribution in [3.63, 3.8) is 0 Å². The quantitative estimate of drug-likeness (QED) is 0.640. The Morgan fingerprint density at radius 3 is 2.38 bits per heavy atom. The number of hydrogen-bond acceptors (Lipinski definition) is 3. The number of benzene rings is 2. The first-order chi connectivity index (χ1) is 11.2. The SMILES string of the molecule is Cc1c(-c2cc3ccccc3s2)cc(C(C)(C)C)c(O)c1C(=O)O. The molecule has 0 atom stereocenters. The summed E-state index contributed by atoms with van der Waals surface area (Å²) in [5.74, 6) is -1.23. The third-order valence-corrected chi connectivity index (χ3v) is 5.42. The molecule has 0 aliphatic carbocycles. The number of carbonyl (C=O) groups is 1. The maximum absolute atomic E-state index is 11.7. The Hall–Kier alpha value is -2.33. The van der Waals surface area contributed by atoms with E-state index >= 15 is 0 Å². The molecule has 3 aromatic rings. The van der Waals surface area contributed by atoms with Crippen LogP contribution in [0.2, 0.25) is 0 Å². The highest BCUT2D eigenvalue weighted by atomic mass is 32.1. The van der Waals surface area contributed by atoms with Gasteiger partial charge in [0, 0.05) is 15.1 Å². The second-order valence-corrected chi connectivity index (χ2v) is 8.11. The molecule has 2 N–H and O–H groups in total. The highest BCUT2D eigenvalue weighted by Crippen LogP contribution is 2.43. The number of carboxylic acid groups (broad SMARTS) is 1. The Labute approximate surface area is 145 Å². The molecular formula is C20H20O3S. The number of carboxylic acids is 1. The molecule has 4 heteroatoms. The molecule has 0 fully saturated rings. The van der Waals surface area contributed by atoms with E-state index in [0.29, 0.717) is 11.1 Å². The lowest BCUT2D eigenvalue weighted by Gasteiger charge is -2.24. The standard InChI is InChI=1S/C20H20O3S/c1-11-13(16-9-12-7-5-6-8-15(12)24-16)10-14(20(2,3)4)18(21)17(11)19(22)23/h5-10,21H,1-4H3,(H,22,23). The number of hydrogen-bond donors (Lipinski definition) is 2. The molecule has 0 radical (unpaired) electrons. The van der Waals surface area contributed by atoms with Gasteiger partial charge in [-0.2, -0.15) is 0 Å². The largest absolute Gasteiger partial charge is 0.507 e. The molecule has 0 amide bonds. The van der Waals surface area contributed by atoms with Gasteiger partial charge in [-0.1, -0.05) is 39.0 Å². The molecule has 24 heavy (non-hydrogen) atoms. The summed E-state index contributed by atoms with van der Waals surface area (Å²) in [7, 11) is 0. The average molecular weight is 340 g/mol. The summed E-state index contributed by atoms with van der Waals surface area (Å²) < 4.78 is 1.16. The fourth-order valence-electron chi connectivity index (χ4n) is 2.97. The first-order valence-electron chi connectivity index (χ1n) is 7.79. The van der Waals surface area contributed by atoms with Crippen molar-refractivity contribution in [1.29, 1.82) is 0 Å². The zero-order valence-electron chi connectivity index (χ0n) is 14.2. The minimum atomic E-state index is -1.10. The second-order valence-electron chi connectivity index (χ2n) is 7.02. The molecule has 0 saturated heterocycles. The number of thiophene rings is 1. The van der Waals surface area contributed by atoms with E-state index in [0.717, 1.165) is 20.5 Å². The third kappa shape index (κ3) is 2.67. The Bertz CT molecular complexity index is 912. The molecule has 1 heterocycles. The van der Waals surface area contributed by atoms with E-state index in [4.69, 9.17) is 0 Å². The Balaban J connectivity index is 2.35. The van der Waals surface area contributed by atoms with Crippen molar-refractivity contribution in [2.24, 2.45) is 0 Å². The fourth-order valence-corrected chi connectivity index (χ4v) is 4.11. The van der Waals surface area contributed by atoms with Crippen LogP contribution in [-0.2, 0) is 5.41 Å². The van der Waals surface area contributed by atoms with Gasteiger partial charge in [0.1, 0.15) is 11.3 Å². The molecule has 0 spiro atoms. The lowest BCUT2D eigenvalue weighted by atomic mass is 9.82. The molecule has 1 aromatic heterocycles. The van der Waals surface area contributed by atoms with Gasteiger partial charge in [0.15, 0.2) is 0 Å². The van der Waals surface area contributed by atoms with Gasteiger partial charge >= 0.3 is 5.97 Å². The monoisotopic (exact) mass is 340 g/mol. The number of rotatable bonds is 2. The lowest BCUT2D eigenvalue weighted by Crippen LogP contribution is -2.14. The van der Waals surface area contributed by atoms with Crippen molar-refractivity contribution in [1.82, 2.24) is 0 Å². The molecule has 0 aliphatic rings. The van der Waals surface area contributed by atoms with E-state index < -0.39 is 5.97 Å². The molecule has 0 bridgehead atoms. The van der Waals surface area contributed by atoms with Gasteiger partial charge < -0.3 is 10.2 Å². The average Bonchev–Trinajstić information content (AvgIpc) is 2.89. The van der Waals surface area contributed by atoms with Gasteiger partial charge in [-0.3, -0.25) is 0 Å². The van der Waals surface area contributed by atoms with E-state index in [9.17, 15) is 15.0 Å². The van der Waals surface area contributed by atoms with E-state index in [1.807, 2.05) is 45.0 Å². The van der Waals surface area contributed by atoms with E-state index in [1.54, 1.807) is 18.3 Å². The first-order valence-corrected chi connectivity index (χ1v) is 8.61. The van der Waals surface area contributed by atoms with E-state index in [-0.39, 0.29) is 16.7 Å². The molecule has 3 nitrogen and oxygen atoms in total. The lowest BCUT2D eigenvalue weighted by molar-refractivity contribution is 0.0692. The van der Waals surface area contributed by atoms with Crippen molar-refractivity contribution in [3.05, 3.63) is 53.1 Å². The molecule has 0 saturated carbocycles. The van der Waals surface area contributed by atoms with Crippen LogP contribution in [0.25, 0.3) is 20.5 Å². The summed E-state index contributed by atoms with van der Waals surface area (Å²) in [6.45, 7) is 7.67. The van der Waals surface area contributed by atoms with Gasteiger partial charge in [-0.15, -0.1) is 11.3 Å². The molecular weight excluding hydrogens is 320 g/mol. The zero-order valence-corrected chi connectivity index (χ0v) is 15.0. The van der Waals surface area contributed by atoms with Gasteiger partial charge in [0.2, 0.25) is 0 Å². The van der Waals surface area contributed by atoms with Gasteiger partial charge in [0.05, 0.1) is 0 Å². The Morgan fingerprint density at radius 2 is 1.79 bits per heavy atom. The summed E-state index contributed by atoms with van der Waals surface area (Å²) in [5, 5.41) is 21.2. The highest BCUT2D eigenvalue weighted by Gasteiger charge is 2.27. The van der Waals surface area contributed by atoms with Crippen LogP contribution in [0.15, 0.2) is 36.4 Å². The molecule has 3 rings (SSSR count). The molecule has 0 aliphatic heterocycles. The Morgan fingerprint density at radius 1 is 1.12 bits per heavy atom. The summed E-state index contributed by atoms with van der Waals surface area (Å²) in [6, 6.07) is 12.1. The summed E-state index contributed by atoms with van der Waals surface area (Å²) >= 11 is 1.64. The fraction of sp³-hybridized carbons (Fsp3) is 0.250. The molecule has 124 valence electrons. The van der Waals surface area contributed by atoms with Crippen molar-refractivity contribution in [3.8, 4) is 16.2 Å². The van der Waals surface area contributed by atoms with Crippen LogP contribution in [0.3, 0.4) is 0 Å². The van der Waals surface area contributed by atoms with Gasteiger partial charge in [-0.05, 0) is 47.1 Å². The smallest absolute Gasteiger partial charge is 0.339 e. The molecule has 2 aromatic carbocycles. The van der Waals surface area contributed by atoms with Crippen molar-refractivity contribution >= 4 is 27.4 Å². The molecule has 0 unspecified atom stereocenters. The van der Waals surface area contributed by atoms with Gasteiger partial charge in [0.25, 0.3) is 0 Å². The van der Waals surface area contributed by atoms with E-state index in [1.165, 1.54) is 0 Å². The highest BCUT2D eigenvalue weighted by molar-refractivity contribution is 7.22. The van der Waals surface area contributed by atoms with Crippen LogP contribution in [0.1, 0.15) is 42.3 Å². The third-order valence-electron chi connectivity index (χ3n) is 4.27. The summed E-state index contributed by atoms with van der Waals surface area (Å²) in [4.78, 5) is 12.7. The van der Waals surface area contributed by atoms with Crippen LogP contribution in [0, 0.1) is 6.92 Å². The van der Waals surface area contributed by atoms with Crippen LogP contribution in [0.5, 0.6) is 5.75 Å². The first kappa shape index (κ1) is 16.5. The normalized spacial score (nSPS) is 11.8. The van der Waals surface area contributed by atoms with Crippen LogP contribution in [-0.4, -0.2) is 16.2 Å². The maximum Gasteiger partial charge on any atom is 0.339 e. The Kier molecular flexibility index (Phi) is 3.88. The predicted octanol–water partition coefficient (Wildman–Crippen LogP) is 5.58. The van der Waals surface area contributed by atoms with Crippen molar-refractivity contribution in [2.45, 2.75) is 33.1 Å².